The third-order valence-electron chi connectivity index (χ3n) is 9.36. The molecule has 0 aliphatic rings. The molecule has 2 atom stereocenters. The molecular formula is C34H43Cl3O3. The summed E-state index contributed by atoms with van der Waals surface area (Å²) < 4.78 is 0. The van der Waals surface area contributed by atoms with Crippen LogP contribution in [0.25, 0.3) is 0 Å². The lowest BCUT2D eigenvalue weighted by molar-refractivity contribution is 0.375. The molecule has 0 aliphatic carbocycles. The summed E-state index contributed by atoms with van der Waals surface area (Å²) in [4.78, 5) is 0. The van der Waals surface area contributed by atoms with Gasteiger partial charge >= 0.3 is 0 Å². The van der Waals surface area contributed by atoms with Gasteiger partial charge < -0.3 is 15.3 Å². The highest BCUT2D eigenvalue weighted by Crippen LogP contribution is 2.50. The van der Waals surface area contributed by atoms with Crippen LogP contribution in [0, 0.1) is 41.5 Å². The molecule has 0 saturated carbocycles. The van der Waals surface area contributed by atoms with Gasteiger partial charge in [-0.1, -0.05) is 62.5 Å². The second-order valence-corrected chi connectivity index (χ2v) is 13.2. The summed E-state index contributed by atoms with van der Waals surface area (Å²) >= 11 is 20.2. The molecule has 218 valence electrons. The molecule has 3 rings (SSSR count). The Hall–Kier alpha value is -2.07. The van der Waals surface area contributed by atoms with Crippen molar-refractivity contribution in [2.75, 3.05) is 0 Å². The van der Waals surface area contributed by atoms with Crippen molar-refractivity contribution in [3.8, 4) is 17.2 Å². The van der Waals surface area contributed by atoms with Crippen molar-refractivity contribution >= 4 is 34.8 Å². The van der Waals surface area contributed by atoms with Gasteiger partial charge in [-0.3, -0.25) is 0 Å². The van der Waals surface area contributed by atoms with Crippen molar-refractivity contribution in [3.05, 3.63) is 82.8 Å². The molecule has 3 aromatic rings. The average Bonchev–Trinajstić information content (AvgIpc) is 2.90. The number of phenolic OH excluding ortho intramolecular Hbond substituents is 3. The van der Waals surface area contributed by atoms with Crippen LogP contribution in [0.15, 0.2) is 12.1 Å². The van der Waals surface area contributed by atoms with E-state index in [1.807, 2.05) is 41.5 Å². The van der Waals surface area contributed by atoms with Crippen LogP contribution < -0.4 is 0 Å². The number of halogens is 3. The van der Waals surface area contributed by atoms with Crippen molar-refractivity contribution in [3.63, 3.8) is 0 Å². The fraction of sp³-hybridized carbons (Fsp3) is 0.471. The van der Waals surface area contributed by atoms with Crippen LogP contribution in [0.1, 0.15) is 96.2 Å². The summed E-state index contributed by atoms with van der Waals surface area (Å²) in [5, 5.41) is 36.0. The molecule has 0 bridgehead atoms. The van der Waals surface area contributed by atoms with Gasteiger partial charge in [0.05, 0.1) is 0 Å². The van der Waals surface area contributed by atoms with E-state index >= 15 is 0 Å². The second-order valence-electron chi connectivity index (χ2n) is 12.1. The molecule has 0 fully saturated rings. The van der Waals surface area contributed by atoms with E-state index in [-0.39, 0.29) is 17.2 Å². The number of aryl methyl sites for hydroxylation is 2. The van der Waals surface area contributed by atoms with Crippen LogP contribution in [-0.4, -0.2) is 15.3 Å². The minimum atomic E-state index is -0.547. The van der Waals surface area contributed by atoms with Gasteiger partial charge in [0.25, 0.3) is 0 Å². The Morgan fingerprint density at radius 2 is 0.975 bits per heavy atom. The van der Waals surface area contributed by atoms with E-state index in [0.717, 1.165) is 55.6 Å². The van der Waals surface area contributed by atoms with Crippen LogP contribution in [0.5, 0.6) is 17.2 Å². The molecule has 3 nitrogen and oxygen atoms in total. The fourth-order valence-corrected chi connectivity index (χ4v) is 6.97. The Morgan fingerprint density at radius 3 is 1.50 bits per heavy atom. The van der Waals surface area contributed by atoms with Gasteiger partial charge in [0.1, 0.15) is 17.2 Å². The monoisotopic (exact) mass is 604 g/mol. The maximum absolute atomic E-state index is 12.1. The summed E-state index contributed by atoms with van der Waals surface area (Å²) in [6.45, 7) is 19.9. The molecule has 0 heterocycles. The number of hydrogen-bond acceptors (Lipinski definition) is 3. The van der Waals surface area contributed by atoms with Gasteiger partial charge in [-0.2, -0.15) is 0 Å². The predicted octanol–water partition coefficient (Wildman–Crippen LogP) is 10.4. The largest absolute Gasteiger partial charge is 0.508 e. The quantitative estimate of drug-likeness (QED) is 0.239. The molecule has 6 heteroatoms. The summed E-state index contributed by atoms with van der Waals surface area (Å²) in [6, 6.07) is 3.42. The van der Waals surface area contributed by atoms with Crippen molar-refractivity contribution in [1.29, 1.82) is 0 Å². The zero-order valence-corrected chi connectivity index (χ0v) is 27.7. The van der Waals surface area contributed by atoms with E-state index in [1.165, 1.54) is 0 Å². The highest BCUT2D eigenvalue weighted by atomic mass is 35.5. The first kappa shape index (κ1) is 32.4. The lowest BCUT2D eigenvalue weighted by Gasteiger charge is -2.37. The third-order valence-corrected chi connectivity index (χ3v) is 11.1. The zero-order valence-electron chi connectivity index (χ0n) is 25.5. The molecule has 0 aromatic heterocycles. The normalized spacial score (nSPS) is 14.7. The van der Waals surface area contributed by atoms with Crippen LogP contribution in [-0.2, 0) is 23.7 Å². The molecule has 0 amide bonds. The number of phenols is 3. The molecule has 0 spiro atoms. The number of aromatic hydroxyl groups is 3. The molecule has 2 unspecified atom stereocenters. The Labute approximate surface area is 255 Å². The van der Waals surface area contributed by atoms with Crippen molar-refractivity contribution in [2.45, 2.75) is 106 Å². The highest BCUT2D eigenvalue weighted by Gasteiger charge is 2.38. The minimum Gasteiger partial charge on any atom is -0.508 e. The van der Waals surface area contributed by atoms with E-state index in [9.17, 15) is 15.3 Å². The molecule has 3 N–H and O–H groups in total. The Morgan fingerprint density at radius 1 is 0.575 bits per heavy atom. The maximum atomic E-state index is 12.1. The molecule has 3 aromatic carbocycles. The Balaban J connectivity index is 2.27. The van der Waals surface area contributed by atoms with Gasteiger partial charge in [-0.05, 0) is 124 Å². The summed E-state index contributed by atoms with van der Waals surface area (Å²) in [7, 11) is 0. The fourth-order valence-electron chi connectivity index (χ4n) is 6.44. The van der Waals surface area contributed by atoms with Crippen LogP contribution in [0.4, 0.5) is 0 Å². The Kier molecular flexibility index (Phi) is 9.46. The van der Waals surface area contributed by atoms with Gasteiger partial charge in [0.2, 0.25) is 0 Å². The second kappa shape index (κ2) is 11.7. The molecule has 40 heavy (non-hydrogen) atoms. The standard InChI is InChI=1S/C34H43Cl3O3/c1-11-33(9,27-21(7)30(36)18(4)14-26(27)39)16-24-20(6)31(37)22(8)28(32(24)40)34(10,12-2)15-23-19(5)29(35)17(3)13-25(23)38/h13-14,38-40H,11-12,15-16H2,1-10H3. The first-order valence-corrected chi connectivity index (χ1v) is 15.1. The van der Waals surface area contributed by atoms with E-state index < -0.39 is 10.8 Å². The summed E-state index contributed by atoms with van der Waals surface area (Å²) in [6.07, 6.45) is 2.35. The number of hydrogen-bond donors (Lipinski definition) is 3. The third kappa shape index (κ3) is 5.42. The average molecular weight is 606 g/mol. The zero-order chi connectivity index (χ0) is 30.5. The molecule has 0 radical (unpaired) electrons. The highest BCUT2D eigenvalue weighted by molar-refractivity contribution is 6.33. The van der Waals surface area contributed by atoms with Crippen LogP contribution in [0.2, 0.25) is 15.1 Å². The van der Waals surface area contributed by atoms with E-state index in [1.54, 1.807) is 12.1 Å². The van der Waals surface area contributed by atoms with Gasteiger partial charge in [-0.15, -0.1) is 0 Å². The molecular weight excluding hydrogens is 563 g/mol. The van der Waals surface area contributed by atoms with E-state index in [2.05, 4.69) is 27.7 Å². The number of benzene rings is 3. The molecule has 0 aliphatic heterocycles. The topological polar surface area (TPSA) is 60.7 Å². The minimum absolute atomic E-state index is 0.204. The van der Waals surface area contributed by atoms with Gasteiger partial charge in [-0.25, -0.2) is 0 Å². The lowest BCUT2D eigenvalue weighted by atomic mass is 9.68. The SMILES string of the molecule is CCC(C)(Cc1c(C)c(Cl)c(C)c(C(C)(CC)Cc2c(O)cc(C)c(Cl)c2C)c1O)c1c(O)cc(C)c(Cl)c1C. The van der Waals surface area contributed by atoms with E-state index in [0.29, 0.717) is 40.8 Å². The van der Waals surface area contributed by atoms with Crippen molar-refractivity contribution in [2.24, 2.45) is 0 Å². The van der Waals surface area contributed by atoms with Gasteiger partial charge in [0, 0.05) is 37.0 Å². The van der Waals surface area contributed by atoms with Crippen molar-refractivity contribution < 1.29 is 15.3 Å². The number of rotatable bonds is 8. The molecule has 0 saturated heterocycles. The maximum Gasteiger partial charge on any atom is 0.123 e. The first-order valence-electron chi connectivity index (χ1n) is 13.9. The van der Waals surface area contributed by atoms with Gasteiger partial charge in [0.15, 0.2) is 0 Å². The van der Waals surface area contributed by atoms with Crippen LogP contribution in [0.3, 0.4) is 0 Å². The predicted molar refractivity (Wildman–Crippen MR) is 170 cm³/mol. The van der Waals surface area contributed by atoms with Crippen molar-refractivity contribution in [1.82, 2.24) is 0 Å². The smallest absolute Gasteiger partial charge is 0.123 e. The Bertz CT molecular complexity index is 1480. The summed E-state index contributed by atoms with van der Waals surface area (Å²) in [5.41, 5.74) is 7.02. The first-order chi connectivity index (χ1) is 18.5. The van der Waals surface area contributed by atoms with E-state index in [4.69, 9.17) is 34.8 Å². The lowest BCUT2D eigenvalue weighted by Crippen LogP contribution is -2.29. The summed E-state index contributed by atoms with van der Waals surface area (Å²) in [5.74, 6) is 0.629. The van der Waals surface area contributed by atoms with Crippen LogP contribution >= 0.6 is 34.8 Å².